The van der Waals surface area contributed by atoms with Crippen molar-refractivity contribution in [3.63, 3.8) is 0 Å². The summed E-state index contributed by atoms with van der Waals surface area (Å²) in [5.41, 5.74) is 1.14. The normalized spacial score (nSPS) is 17.1. The van der Waals surface area contributed by atoms with Crippen LogP contribution < -0.4 is 14.2 Å². The van der Waals surface area contributed by atoms with E-state index in [2.05, 4.69) is 18.7 Å². The summed E-state index contributed by atoms with van der Waals surface area (Å²) in [4.78, 5) is 30.2. The summed E-state index contributed by atoms with van der Waals surface area (Å²) in [6.07, 6.45) is 0.887. The molecule has 0 spiro atoms. The van der Waals surface area contributed by atoms with Crippen LogP contribution in [0, 0.1) is 0 Å². The van der Waals surface area contributed by atoms with Crippen LogP contribution in [0.5, 0.6) is 17.2 Å². The molecule has 0 bridgehead atoms. The number of rotatable bonds is 12. The van der Waals surface area contributed by atoms with Gasteiger partial charge in [-0.3, -0.25) is 9.59 Å². The first-order valence-corrected chi connectivity index (χ1v) is 12.4. The van der Waals surface area contributed by atoms with Crippen molar-refractivity contribution in [2.75, 3.05) is 47.0 Å². The average Bonchev–Trinajstić information content (AvgIpc) is 3.16. The van der Waals surface area contributed by atoms with Crippen molar-refractivity contribution in [1.29, 1.82) is 0 Å². The predicted molar refractivity (Wildman–Crippen MR) is 139 cm³/mol. The third-order valence-corrected chi connectivity index (χ3v) is 6.42. The first-order valence-electron chi connectivity index (χ1n) is 12.4. The summed E-state index contributed by atoms with van der Waals surface area (Å²) < 4.78 is 16.4. The lowest BCUT2D eigenvalue weighted by Gasteiger charge is -2.28. The van der Waals surface area contributed by atoms with E-state index in [4.69, 9.17) is 14.2 Å². The first-order chi connectivity index (χ1) is 17.4. The second kappa shape index (κ2) is 12.4. The number of likely N-dealkylation sites (tertiary alicyclic amines) is 1. The van der Waals surface area contributed by atoms with Gasteiger partial charge in [-0.05, 0) is 55.4 Å². The minimum Gasteiger partial charge on any atom is -0.507 e. The molecule has 0 saturated carbocycles. The maximum atomic E-state index is 13.3. The molecular weight excluding hydrogens is 460 g/mol. The van der Waals surface area contributed by atoms with Crippen LogP contribution in [0.2, 0.25) is 0 Å². The van der Waals surface area contributed by atoms with Crippen LogP contribution in [0.3, 0.4) is 0 Å². The second-order valence-electron chi connectivity index (χ2n) is 8.51. The summed E-state index contributed by atoms with van der Waals surface area (Å²) in [5.74, 6) is 0.0226. The molecule has 8 heteroatoms. The van der Waals surface area contributed by atoms with Crippen LogP contribution in [0.1, 0.15) is 44.4 Å². The molecular formula is C28H36N2O6. The standard InChI is InChI=1S/C28H36N2O6/c1-6-17-36-21-12-9-19(10-13-21)25-24(26(31)20-11-14-22(34-4)23(18-20)35-5)27(32)28(33)30(25)16-15-29(7-2)8-3/h9-14,18,25,31H,6-8,15-17H2,1-5H3. The molecule has 0 aromatic heterocycles. The van der Waals surface area contributed by atoms with Gasteiger partial charge < -0.3 is 29.1 Å². The molecule has 3 rings (SSSR count). The van der Waals surface area contributed by atoms with Gasteiger partial charge in [0.2, 0.25) is 0 Å². The van der Waals surface area contributed by atoms with E-state index in [0.717, 1.165) is 25.1 Å². The lowest BCUT2D eigenvalue weighted by Crippen LogP contribution is -2.38. The topological polar surface area (TPSA) is 88.5 Å². The highest BCUT2D eigenvalue weighted by molar-refractivity contribution is 6.46. The van der Waals surface area contributed by atoms with Gasteiger partial charge in [0.25, 0.3) is 11.7 Å². The Hall–Kier alpha value is -3.52. The third-order valence-electron chi connectivity index (χ3n) is 6.42. The SMILES string of the molecule is CCCOc1ccc(C2C(=C(O)c3ccc(OC)c(OC)c3)C(=O)C(=O)N2CCN(CC)CC)cc1. The van der Waals surface area contributed by atoms with Crippen LogP contribution in [-0.2, 0) is 9.59 Å². The zero-order chi connectivity index (χ0) is 26.2. The predicted octanol–water partition coefficient (Wildman–Crippen LogP) is 4.26. The van der Waals surface area contributed by atoms with Crippen molar-refractivity contribution in [2.45, 2.75) is 33.2 Å². The van der Waals surface area contributed by atoms with E-state index in [0.29, 0.717) is 42.5 Å². The largest absolute Gasteiger partial charge is 0.507 e. The van der Waals surface area contributed by atoms with Crippen molar-refractivity contribution < 1.29 is 28.9 Å². The molecule has 2 aromatic rings. The van der Waals surface area contributed by atoms with E-state index in [1.165, 1.54) is 14.2 Å². The van der Waals surface area contributed by atoms with Gasteiger partial charge in [-0.2, -0.15) is 0 Å². The van der Waals surface area contributed by atoms with Crippen molar-refractivity contribution in [1.82, 2.24) is 9.80 Å². The monoisotopic (exact) mass is 496 g/mol. The van der Waals surface area contributed by atoms with E-state index in [-0.39, 0.29) is 11.3 Å². The molecule has 1 unspecified atom stereocenters. The molecule has 1 heterocycles. The number of nitrogens with zero attached hydrogens (tertiary/aromatic N) is 2. The highest BCUT2D eigenvalue weighted by atomic mass is 16.5. The van der Waals surface area contributed by atoms with Gasteiger partial charge in [-0.25, -0.2) is 0 Å². The lowest BCUT2D eigenvalue weighted by atomic mass is 9.95. The molecule has 1 amide bonds. The fourth-order valence-corrected chi connectivity index (χ4v) is 4.35. The molecule has 0 aliphatic carbocycles. The summed E-state index contributed by atoms with van der Waals surface area (Å²) >= 11 is 0. The van der Waals surface area contributed by atoms with Crippen LogP contribution >= 0.6 is 0 Å². The minimum absolute atomic E-state index is 0.0500. The third kappa shape index (κ3) is 5.65. The summed E-state index contributed by atoms with van der Waals surface area (Å²) in [6.45, 7) is 9.38. The Bertz CT molecular complexity index is 1090. The quantitative estimate of drug-likeness (QED) is 0.267. The van der Waals surface area contributed by atoms with E-state index >= 15 is 0 Å². The highest BCUT2D eigenvalue weighted by Gasteiger charge is 2.46. The number of carbonyl (C=O) groups is 2. The number of hydrogen-bond donors (Lipinski definition) is 1. The number of Topliss-reactive ketones (excluding diaryl/α,β-unsaturated/α-hetero) is 1. The van der Waals surface area contributed by atoms with Crippen molar-refractivity contribution >= 4 is 17.4 Å². The van der Waals surface area contributed by atoms with E-state index < -0.39 is 17.7 Å². The molecule has 0 radical (unpaired) electrons. The van der Waals surface area contributed by atoms with E-state index in [1.54, 1.807) is 23.1 Å². The van der Waals surface area contributed by atoms with Gasteiger partial charge in [0.15, 0.2) is 11.5 Å². The molecule has 8 nitrogen and oxygen atoms in total. The number of ketones is 1. The smallest absolute Gasteiger partial charge is 0.295 e. The number of aliphatic hydroxyl groups excluding tert-OH is 1. The van der Waals surface area contributed by atoms with Crippen LogP contribution in [-0.4, -0.2) is 73.6 Å². The number of carbonyl (C=O) groups excluding carboxylic acids is 2. The van der Waals surface area contributed by atoms with E-state index in [9.17, 15) is 14.7 Å². The lowest BCUT2D eigenvalue weighted by molar-refractivity contribution is -0.140. The van der Waals surface area contributed by atoms with Crippen LogP contribution in [0.25, 0.3) is 5.76 Å². The second-order valence-corrected chi connectivity index (χ2v) is 8.51. The highest BCUT2D eigenvalue weighted by Crippen LogP contribution is 2.41. The average molecular weight is 497 g/mol. The van der Waals surface area contributed by atoms with Gasteiger partial charge in [-0.1, -0.05) is 32.9 Å². The number of likely N-dealkylation sites (N-methyl/N-ethyl adjacent to an activating group) is 1. The Kier molecular flexibility index (Phi) is 9.36. The number of hydrogen-bond acceptors (Lipinski definition) is 7. The number of amides is 1. The van der Waals surface area contributed by atoms with Gasteiger partial charge in [0, 0.05) is 18.7 Å². The number of methoxy groups -OCH3 is 2. The molecule has 36 heavy (non-hydrogen) atoms. The van der Waals surface area contributed by atoms with Crippen LogP contribution in [0.4, 0.5) is 0 Å². The van der Waals surface area contributed by atoms with E-state index in [1.807, 2.05) is 31.2 Å². The molecule has 1 N–H and O–H groups in total. The molecule has 194 valence electrons. The van der Waals surface area contributed by atoms with Crippen molar-refractivity contribution in [2.24, 2.45) is 0 Å². The Labute approximate surface area is 213 Å². The maximum Gasteiger partial charge on any atom is 0.295 e. The zero-order valence-corrected chi connectivity index (χ0v) is 21.7. The summed E-state index contributed by atoms with van der Waals surface area (Å²) in [6, 6.07) is 11.5. The Morgan fingerprint density at radius 2 is 1.64 bits per heavy atom. The minimum atomic E-state index is -0.728. The molecule has 1 saturated heterocycles. The zero-order valence-electron chi connectivity index (χ0n) is 21.7. The van der Waals surface area contributed by atoms with Crippen LogP contribution in [0.15, 0.2) is 48.0 Å². The van der Waals surface area contributed by atoms with Gasteiger partial charge >= 0.3 is 0 Å². The fraction of sp³-hybridized carbons (Fsp3) is 0.429. The van der Waals surface area contributed by atoms with Gasteiger partial charge in [-0.15, -0.1) is 0 Å². The Morgan fingerprint density at radius 1 is 0.972 bits per heavy atom. The number of ether oxygens (including phenoxy) is 3. The maximum absolute atomic E-state index is 13.3. The first kappa shape index (κ1) is 27.1. The van der Waals surface area contributed by atoms with Crippen molar-refractivity contribution in [3.8, 4) is 17.2 Å². The fourth-order valence-electron chi connectivity index (χ4n) is 4.35. The van der Waals surface area contributed by atoms with Crippen molar-refractivity contribution in [3.05, 3.63) is 59.2 Å². The summed E-state index contributed by atoms with van der Waals surface area (Å²) in [7, 11) is 3.02. The summed E-state index contributed by atoms with van der Waals surface area (Å²) in [5, 5.41) is 11.3. The molecule has 1 fully saturated rings. The number of benzene rings is 2. The van der Waals surface area contributed by atoms with Gasteiger partial charge in [0.05, 0.1) is 32.4 Å². The molecule has 1 aliphatic heterocycles. The molecule has 1 aliphatic rings. The Balaban J connectivity index is 2.09. The van der Waals surface area contributed by atoms with Gasteiger partial charge in [0.1, 0.15) is 11.5 Å². The number of aliphatic hydroxyl groups is 1. The molecule has 2 aromatic carbocycles. The molecule has 1 atom stereocenters. The Morgan fingerprint density at radius 3 is 2.22 bits per heavy atom.